The maximum absolute atomic E-state index is 13.2. The van der Waals surface area contributed by atoms with E-state index in [1.165, 1.54) is 19.2 Å². The summed E-state index contributed by atoms with van der Waals surface area (Å²) >= 11 is 5.71. The summed E-state index contributed by atoms with van der Waals surface area (Å²) in [4.78, 5) is 29.1. The third-order valence-corrected chi connectivity index (χ3v) is 5.06. The largest absolute Gasteiger partial charge is 0.495 e. The lowest BCUT2D eigenvalue weighted by Gasteiger charge is -2.32. The molecule has 30 heavy (non-hydrogen) atoms. The van der Waals surface area contributed by atoms with Crippen molar-refractivity contribution >= 4 is 29.1 Å². The molecule has 0 saturated carbocycles. The number of amides is 2. The summed E-state index contributed by atoms with van der Waals surface area (Å²) in [5, 5.41) is 2.60. The minimum atomic E-state index is -0.569. The number of nitrogens with zero attached hydrogens (tertiary/aromatic N) is 2. The zero-order valence-corrected chi connectivity index (χ0v) is 17.5. The van der Waals surface area contributed by atoms with Crippen LogP contribution in [0.5, 0.6) is 11.5 Å². The van der Waals surface area contributed by atoms with E-state index in [-0.39, 0.29) is 23.3 Å². The molecule has 1 aliphatic heterocycles. The van der Waals surface area contributed by atoms with Crippen molar-refractivity contribution in [2.75, 3.05) is 52.3 Å². The molecule has 0 unspecified atom stereocenters. The van der Waals surface area contributed by atoms with Gasteiger partial charge in [-0.1, -0.05) is 11.6 Å². The van der Waals surface area contributed by atoms with E-state index in [4.69, 9.17) is 21.1 Å². The second kappa shape index (κ2) is 9.77. The summed E-state index contributed by atoms with van der Waals surface area (Å²) < 4.78 is 23.8. The van der Waals surface area contributed by atoms with Crippen LogP contribution in [0.2, 0.25) is 5.02 Å². The Balaban J connectivity index is 1.66. The van der Waals surface area contributed by atoms with E-state index in [0.29, 0.717) is 30.1 Å². The van der Waals surface area contributed by atoms with Crippen LogP contribution in [0, 0.1) is 5.82 Å². The molecular weight excluding hydrogens is 413 g/mol. The number of anilines is 1. The van der Waals surface area contributed by atoms with Crippen molar-refractivity contribution in [1.82, 2.24) is 9.80 Å². The summed E-state index contributed by atoms with van der Waals surface area (Å²) in [5.41, 5.74) is 0.824. The fourth-order valence-corrected chi connectivity index (χ4v) is 3.20. The van der Waals surface area contributed by atoms with Gasteiger partial charge in [0.2, 0.25) is 0 Å². The first-order chi connectivity index (χ1) is 14.4. The lowest BCUT2D eigenvalue weighted by atomic mass is 10.1. The number of halogens is 2. The molecule has 160 valence electrons. The summed E-state index contributed by atoms with van der Waals surface area (Å²) in [6.07, 6.45) is 0. The number of nitrogens with one attached hydrogen (secondary N) is 1. The number of likely N-dealkylation sites (N-methyl/N-ethyl adjacent to an activating group) is 1. The highest BCUT2D eigenvalue weighted by Gasteiger charge is 2.21. The van der Waals surface area contributed by atoms with Crippen molar-refractivity contribution in [2.24, 2.45) is 0 Å². The van der Waals surface area contributed by atoms with Gasteiger partial charge in [-0.25, -0.2) is 4.39 Å². The quantitative estimate of drug-likeness (QED) is 0.755. The summed E-state index contributed by atoms with van der Waals surface area (Å²) in [5.74, 6) is -0.443. The molecule has 0 atom stereocenters. The Morgan fingerprint density at radius 1 is 1.13 bits per heavy atom. The third kappa shape index (κ3) is 5.40. The van der Waals surface area contributed by atoms with Gasteiger partial charge in [0.1, 0.15) is 17.3 Å². The Hall–Kier alpha value is -2.84. The van der Waals surface area contributed by atoms with Crippen LogP contribution in [0.4, 0.5) is 10.1 Å². The molecule has 1 fully saturated rings. The van der Waals surface area contributed by atoms with Gasteiger partial charge in [-0.15, -0.1) is 0 Å². The van der Waals surface area contributed by atoms with E-state index >= 15 is 0 Å². The van der Waals surface area contributed by atoms with Crippen LogP contribution in [0.1, 0.15) is 10.4 Å². The van der Waals surface area contributed by atoms with E-state index in [0.717, 1.165) is 19.2 Å². The zero-order chi connectivity index (χ0) is 21.7. The number of methoxy groups -OCH3 is 1. The molecular formula is C21H23ClFN3O4. The first-order valence-electron chi connectivity index (χ1n) is 9.41. The Labute approximate surface area is 179 Å². The molecule has 2 amide bonds. The molecule has 2 aromatic rings. The number of rotatable bonds is 6. The number of hydrogen-bond donors (Lipinski definition) is 1. The fourth-order valence-electron chi connectivity index (χ4n) is 3.03. The second-order valence-electron chi connectivity index (χ2n) is 6.92. The molecule has 1 aliphatic rings. The molecule has 0 bridgehead atoms. The maximum atomic E-state index is 13.2. The van der Waals surface area contributed by atoms with Gasteiger partial charge in [-0.2, -0.15) is 0 Å². The number of ether oxygens (including phenoxy) is 2. The monoisotopic (exact) mass is 435 g/mol. The van der Waals surface area contributed by atoms with Crippen LogP contribution in [-0.2, 0) is 4.79 Å². The first kappa shape index (κ1) is 21.9. The van der Waals surface area contributed by atoms with Crippen molar-refractivity contribution in [3.05, 3.63) is 52.8 Å². The molecule has 9 heteroatoms. The van der Waals surface area contributed by atoms with Crippen molar-refractivity contribution in [3.63, 3.8) is 0 Å². The van der Waals surface area contributed by atoms with Gasteiger partial charge in [0.15, 0.2) is 6.61 Å². The van der Waals surface area contributed by atoms with Gasteiger partial charge in [0, 0.05) is 37.8 Å². The van der Waals surface area contributed by atoms with E-state index < -0.39 is 11.7 Å². The van der Waals surface area contributed by atoms with Gasteiger partial charge >= 0.3 is 0 Å². The van der Waals surface area contributed by atoms with Crippen molar-refractivity contribution in [3.8, 4) is 11.5 Å². The lowest BCUT2D eigenvalue weighted by molar-refractivity contribution is -0.118. The van der Waals surface area contributed by atoms with E-state index in [1.54, 1.807) is 23.1 Å². The topological polar surface area (TPSA) is 71.1 Å². The zero-order valence-electron chi connectivity index (χ0n) is 16.8. The number of carbonyl (C=O) groups is 2. The molecule has 1 heterocycles. The van der Waals surface area contributed by atoms with Crippen LogP contribution in [0.15, 0.2) is 36.4 Å². The third-order valence-electron chi connectivity index (χ3n) is 4.77. The summed E-state index contributed by atoms with van der Waals surface area (Å²) in [6, 6.07) is 8.73. The van der Waals surface area contributed by atoms with Crippen molar-refractivity contribution < 1.29 is 23.5 Å². The molecule has 1 N–H and O–H groups in total. The average Bonchev–Trinajstić information content (AvgIpc) is 2.74. The highest BCUT2D eigenvalue weighted by Crippen LogP contribution is 2.27. The number of piperazine rings is 1. The van der Waals surface area contributed by atoms with Crippen LogP contribution in [0.25, 0.3) is 0 Å². The first-order valence-corrected chi connectivity index (χ1v) is 9.78. The lowest BCUT2D eigenvalue weighted by Crippen LogP contribution is -2.47. The van der Waals surface area contributed by atoms with E-state index in [2.05, 4.69) is 10.2 Å². The molecule has 1 saturated heterocycles. The smallest absolute Gasteiger partial charge is 0.262 e. The van der Waals surface area contributed by atoms with Gasteiger partial charge < -0.3 is 24.6 Å². The molecule has 0 spiro atoms. The van der Waals surface area contributed by atoms with Gasteiger partial charge in [-0.05, 0) is 37.4 Å². The van der Waals surface area contributed by atoms with E-state index in [9.17, 15) is 14.0 Å². The fraction of sp³-hybridized carbons (Fsp3) is 0.333. The minimum Gasteiger partial charge on any atom is -0.495 e. The molecule has 2 aromatic carbocycles. The Morgan fingerprint density at radius 3 is 2.53 bits per heavy atom. The standard InChI is InChI=1S/C21H23ClFN3O4/c1-25-7-9-26(10-8-25)21(28)14-3-6-19(29-2)18(11-14)24-20(27)13-30-15-4-5-17(23)16(22)12-15/h3-6,11-12H,7-10,13H2,1-2H3,(H,24,27). The maximum Gasteiger partial charge on any atom is 0.262 e. The molecule has 3 rings (SSSR count). The molecule has 0 aliphatic carbocycles. The van der Waals surface area contributed by atoms with Crippen LogP contribution >= 0.6 is 11.6 Å². The van der Waals surface area contributed by atoms with Gasteiger partial charge in [0.25, 0.3) is 11.8 Å². The molecule has 0 radical (unpaired) electrons. The highest BCUT2D eigenvalue weighted by atomic mass is 35.5. The normalized spacial score (nSPS) is 14.3. The Morgan fingerprint density at radius 2 is 1.87 bits per heavy atom. The van der Waals surface area contributed by atoms with Crippen LogP contribution in [-0.4, -0.2) is 68.6 Å². The minimum absolute atomic E-state index is 0.0929. The van der Waals surface area contributed by atoms with Crippen molar-refractivity contribution in [1.29, 1.82) is 0 Å². The number of carbonyl (C=O) groups excluding carboxylic acids is 2. The highest BCUT2D eigenvalue weighted by molar-refractivity contribution is 6.30. The SMILES string of the molecule is COc1ccc(C(=O)N2CCN(C)CC2)cc1NC(=O)COc1ccc(F)c(Cl)c1. The van der Waals surface area contributed by atoms with Crippen molar-refractivity contribution in [2.45, 2.75) is 0 Å². The molecule has 0 aromatic heterocycles. The summed E-state index contributed by atoms with van der Waals surface area (Å²) in [6.45, 7) is 2.61. The predicted octanol–water partition coefficient (Wildman–Crippen LogP) is 2.89. The number of benzene rings is 2. The predicted molar refractivity (Wildman–Crippen MR) is 112 cm³/mol. The van der Waals surface area contributed by atoms with E-state index in [1.807, 2.05) is 7.05 Å². The van der Waals surface area contributed by atoms with Crippen LogP contribution < -0.4 is 14.8 Å². The Bertz CT molecular complexity index is 932. The summed E-state index contributed by atoms with van der Waals surface area (Å²) in [7, 11) is 3.49. The van der Waals surface area contributed by atoms with Gasteiger partial charge in [0.05, 0.1) is 17.8 Å². The average molecular weight is 436 g/mol. The molecule has 7 nitrogen and oxygen atoms in total. The van der Waals surface area contributed by atoms with Crippen LogP contribution in [0.3, 0.4) is 0 Å². The Kier molecular flexibility index (Phi) is 7.12. The number of hydrogen-bond acceptors (Lipinski definition) is 5. The second-order valence-corrected chi connectivity index (χ2v) is 7.33. The van der Waals surface area contributed by atoms with Gasteiger partial charge in [-0.3, -0.25) is 9.59 Å².